The van der Waals surface area contributed by atoms with Gasteiger partial charge in [-0.05, 0) is 38.5 Å². The summed E-state index contributed by atoms with van der Waals surface area (Å²) in [5.74, 6) is 0.418. The molecule has 1 spiro atoms. The summed E-state index contributed by atoms with van der Waals surface area (Å²) >= 11 is 0. The molecule has 3 rings (SSSR count). The Morgan fingerprint density at radius 3 is 2.50 bits per heavy atom. The topological polar surface area (TPSA) is 32.3 Å². The van der Waals surface area contributed by atoms with E-state index in [1.165, 1.54) is 32.1 Å². The molecule has 0 bridgehead atoms. The van der Waals surface area contributed by atoms with Crippen LogP contribution in [0.2, 0.25) is 0 Å². The van der Waals surface area contributed by atoms with Gasteiger partial charge in [0.1, 0.15) is 0 Å². The zero-order valence-electron chi connectivity index (χ0n) is 10.2. The Bertz CT molecular complexity index is 292. The normalized spacial score (nSPS) is 33.7. The predicted octanol–water partition coefficient (Wildman–Crippen LogP) is 2.02. The largest absolute Gasteiger partial charge is 0.323 e. The smallest absolute Gasteiger partial charge is 0.244 e. The minimum atomic E-state index is -0.156. The molecule has 1 N–H and O–H groups in total. The van der Waals surface area contributed by atoms with Crippen molar-refractivity contribution in [1.82, 2.24) is 10.2 Å². The van der Waals surface area contributed by atoms with E-state index < -0.39 is 0 Å². The highest BCUT2D eigenvalue weighted by Crippen LogP contribution is 2.40. The number of nitrogens with zero attached hydrogens (tertiary/aromatic N) is 1. The maximum atomic E-state index is 12.6. The third-order valence-electron chi connectivity index (χ3n) is 4.73. The Kier molecular flexibility index (Phi) is 2.46. The van der Waals surface area contributed by atoms with Gasteiger partial charge in [-0.2, -0.15) is 0 Å². The molecular weight excluding hydrogens is 200 g/mol. The summed E-state index contributed by atoms with van der Waals surface area (Å²) in [4.78, 5) is 14.8. The van der Waals surface area contributed by atoms with Crippen molar-refractivity contribution in [3.8, 4) is 0 Å². The molecular formula is C13H22N2O. The molecule has 1 atom stereocenters. The van der Waals surface area contributed by atoms with E-state index >= 15 is 0 Å². The summed E-state index contributed by atoms with van der Waals surface area (Å²) in [5, 5.41) is 3.64. The van der Waals surface area contributed by atoms with Crippen LogP contribution in [-0.2, 0) is 4.79 Å². The van der Waals surface area contributed by atoms with Crippen molar-refractivity contribution in [3.63, 3.8) is 0 Å². The van der Waals surface area contributed by atoms with Crippen LogP contribution in [0.4, 0.5) is 0 Å². The predicted molar refractivity (Wildman–Crippen MR) is 62.9 cm³/mol. The molecule has 3 heteroatoms. The van der Waals surface area contributed by atoms with Gasteiger partial charge in [0, 0.05) is 6.04 Å². The number of hydrogen-bond acceptors (Lipinski definition) is 2. The van der Waals surface area contributed by atoms with Crippen LogP contribution < -0.4 is 5.32 Å². The second-order valence-corrected chi connectivity index (χ2v) is 5.65. The molecule has 3 fully saturated rings. The molecule has 2 saturated carbocycles. The number of nitrogens with one attached hydrogen (secondary N) is 1. The molecule has 0 radical (unpaired) electrons. The highest BCUT2D eigenvalue weighted by atomic mass is 16.2. The SMILES string of the molecule is CCC1NC2(CCCC2)C(=O)N1C1CCC1. The van der Waals surface area contributed by atoms with Gasteiger partial charge in [0.25, 0.3) is 0 Å². The number of hydrogen-bond donors (Lipinski definition) is 1. The van der Waals surface area contributed by atoms with Crippen molar-refractivity contribution in [2.45, 2.75) is 76.0 Å². The van der Waals surface area contributed by atoms with Gasteiger partial charge in [0.2, 0.25) is 5.91 Å². The fourth-order valence-electron chi connectivity index (χ4n) is 3.56. The lowest BCUT2D eigenvalue weighted by Crippen LogP contribution is -2.48. The fraction of sp³-hybridized carbons (Fsp3) is 0.923. The molecule has 1 aliphatic heterocycles. The Morgan fingerprint density at radius 1 is 1.31 bits per heavy atom. The first-order chi connectivity index (χ1) is 7.77. The van der Waals surface area contributed by atoms with Gasteiger partial charge in [-0.3, -0.25) is 10.1 Å². The van der Waals surface area contributed by atoms with E-state index in [4.69, 9.17) is 0 Å². The van der Waals surface area contributed by atoms with Gasteiger partial charge < -0.3 is 4.90 Å². The number of carbonyl (C=O) groups excluding carboxylic acids is 1. The third kappa shape index (κ3) is 1.33. The van der Waals surface area contributed by atoms with Gasteiger partial charge in [0.05, 0.1) is 11.7 Å². The Hall–Kier alpha value is -0.570. The van der Waals surface area contributed by atoms with Crippen molar-refractivity contribution in [1.29, 1.82) is 0 Å². The summed E-state index contributed by atoms with van der Waals surface area (Å²) in [5.41, 5.74) is -0.156. The minimum Gasteiger partial charge on any atom is -0.323 e. The van der Waals surface area contributed by atoms with Crippen LogP contribution in [0.3, 0.4) is 0 Å². The molecule has 1 heterocycles. The molecule has 0 aromatic rings. The molecule has 1 saturated heterocycles. The quantitative estimate of drug-likeness (QED) is 0.775. The van der Waals surface area contributed by atoms with Crippen LogP contribution in [0.25, 0.3) is 0 Å². The lowest BCUT2D eigenvalue weighted by molar-refractivity contribution is -0.137. The van der Waals surface area contributed by atoms with Crippen LogP contribution in [0.1, 0.15) is 58.3 Å². The van der Waals surface area contributed by atoms with Gasteiger partial charge in [-0.25, -0.2) is 0 Å². The standard InChI is InChI=1S/C13H22N2O/c1-2-11-14-13(8-3-4-9-13)12(16)15(11)10-6-5-7-10/h10-11,14H,2-9H2,1H3. The van der Waals surface area contributed by atoms with E-state index in [9.17, 15) is 4.79 Å². The summed E-state index contributed by atoms with van der Waals surface area (Å²) in [7, 11) is 0. The zero-order valence-corrected chi connectivity index (χ0v) is 10.2. The van der Waals surface area contributed by atoms with Gasteiger partial charge in [0.15, 0.2) is 0 Å². The minimum absolute atomic E-state index is 0.156. The highest BCUT2D eigenvalue weighted by Gasteiger charge is 2.53. The fourth-order valence-corrected chi connectivity index (χ4v) is 3.56. The third-order valence-corrected chi connectivity index (χ3v) is 4.73. The van der Waals surface area contributed by atoms with Crippen LogP contribution in [0.15, 0.2) is 0 Å². The van der Waals surface area contributed by atoms with Crippen LogP contribution in [0.5, 0.6) is 0 Å². The maximum absolute atomic E-state index is 12.6. The molecule has 2 aliphatic carbocycles. The van der Waals surface area contributed by atoms with E-state index in [1.807, 2.05) is 0 Å². The van der Waals surface area contributed by atoms with E-state index in [1.54, 1.807) is 0 Å². The summed E-state index contributed by atoms with van der Waals surface area (Å²) < 4.78 is 0. The van der Waals surface area contributed by atoms with Crippen molar-refractivity contribution >= 4 is 5.91 Å². The number of amides is 1. The van der Waals surface area contributed by atoms with Crippen molar-refractivity contribution in [2.75, 3.05) is 0 Å². The van der Waals surface area contributed by atoms with E-state index in [2.05, 4.69) is 17.1 Å². The second kappa shape index (κ2) is 3.73. The molecule has 90 valence electrons. The molecule has 1 amide bonds. The van der Waals surface area contributed by atoms with Gasteiger partial charge in [-0.15, -0.1) is 0 Å². The van der Waals surface area contributed by atoms with Gasteiger partial charge in [-0.1, -0.05) is 19.8 Å². The van der Waals surface area contributed by atoms with Crippen molar-refractivity contribution in [2.24, 2.45) is 0 Å². The van der Waals surface area contributed by atoms with Gasteiger partial charge >= 0.3 is 0 Å². The first kappa shape index (κ1) is 10.6. The average molecular weight is 222 g/mol. The second-order valence-electron chi connectivity index (χ2n) is 5.65. The molecule has 0 aromatic heterocycles. The average Bonchev–Trinajstić information content (AvgIpc) is 2.77. The molecule has 0 aromatic carbocycles. The molecule has 3 aliphatic rings. The zero-order chi connectivity index (χ0) is 11.2. The Labute approximate surface area is 97.6 Å². The van der Waals surface area contributed by atoms with E-state index in [-0.39, 0.29) is 5.54 Å². The Morgan fingerprint density at radius 2 is 2.00 bits per heavy atom. The molecule has 3 nitrogen and oxygen atoms in total. The summed E-state index contributed by atoms with van der Waals surface area (Å²) in [6.07, 6.45) is 9.66. The van der Waals surface area contributed by atoms with Crippen molar-refractivity contribution < 1.29 is 4.79 Å². The summed E-state index contributed by atoms with van der Waals surface area (Å²) in [6, 6.07) is 0.546. The van der Waals surface area contributed by atoms with Crippen LogP contribution in [-0.4, -0.2) is 28.6 Å². The van der Waals surface area contributed by atoms with Crippen molar-refractivity contribution in [3.05, 3.63) is 0 Å². The van der Waals surface area contributed by atoms with Crippen LogP contribution in [0, 0.1) is 0 Å². The van der Waals surface area contributed by atoms with E-state index in [0.717, 1.165) is 19.3 Å². The lowest BCUT2D eigenvalue weighted by atomic mass is 9.90. The molecule has 16 heavy (non-hydrogen) atoms. The molecule has 1 unspecified atom stereocenters. The number of carbonyl (C=O) groups is 1. The summed E-state index contributed by atoms with van der Waals surface area (Å²) in [6.45, 7) is 2.19. The first-order valence-corrected chi connectivity index (χ1v) is 6.87. The van der Waals surface area contributed by atoms with Crippen LogP contribution >= 0.6 is 0 Å². The van der Waals surface area contributed by atoms with E-state index in [0.29, 0.717) is 18.1 Å². The highest BCUT2D eigenvalue weighted by molar-refractivity contribution is 5.89. The monoisotopic (exact) mass is 222 g/mol. The Balaban J connectivity index is 1.83. The first-order valence-electron chi connectivity index (χ1n) is 6.87. The maximum Gasteiger partial charge on any atom is 0.244 e. The lowest BCUT2D eigenvalue weighted by Gasteiger charge is -2.38. The number of rotatable bonds is 2.